The number of carbonyl (C=O) groups excluding carboxylic acids is 2. The van der Waals surface area contributed by atoms with Crippen LogP contribution in [0.3, 0.4) is 0 Å². The van der Waals surface area contributed by atoms with Crippen LogP contribution in [0.1, 0.15) is 31.8 Å². The number of ether oxygens (including phenoxy) is 1. The van der Waals surface area contributed by atoms with Gasteiger partial charge in [0.1, 0.15) is 5.75 Å². The van der Waals surface area contributed by atoms with Gasteiger partial charge < -0.3 is 14.5 Å². The molecule has 136 valence electrons. The first-order valence-electron chi connectivity index (χ1n) is 8.65. The van der Waals surface area contributed by atoms with Crippen molar-refractivity contribution >= 4 is 11.8 Å². The van der Waals surface area contributed by atoms with E-state index in [0.29, 0.717) is 37.3 Å². The molecule has 1 aliphatic heterocycles. The van der Waals surface area contributed by atoms with Gasteiger partial charge in [-0.3, -0.25) is 14.6 Å². The average molecular weight is 353 g/mol. The Morgan fingerprint density at radius 1 is 0.923 bits per heavy atom. The monoisotopic (exact) mass is 353 g/mol. The van der Waals surface area contributed by atoms with Gasteiger partial charge in [-0.05, 0) is 49.2 Å². The number of hydrogen-bond donors (Lipinski definition) is 0. The molecule has 0 saturated carbocycles. The molecule has 6 nitrogen and oxygen atoms in total. The van der Waals surface area contributed by atoms with Crippen LogP contribution in [-0.2, 0) is 0 Å². The number of methoxy groups -OCH3 is 1. The predicted molar refractivity (Wildman–Crippen MR) is 98.5 cm³/mol. The van der Waals surface area contributed by atoms with E-state index in [1.165, 1.54) is 0 Å². The Bertz CT molecular complexity index is 813. The summed E-state index contributed by atoms with van der Waals surface area (Å²) >= 11 is 0. The summed E-state index contributed by atoms with van der Waals surface area (Å²) in [5.74, 6) is 0.770. The lowest BCUT2D eigenvalue weighted by molar-refractivity contribution is 0.0535. The third kappa shape index (κ3) is 3.54. The molecule has 1 aliphatic rings. The number of hydrogen-bond acceptors (Lipinski definition) is 4. The Kier molecular flexibility index (Phi) is 5.21. The van der Waals surface area contributed by atoms with Crippen LogP contribution in [0.15, 0.2) is 36.7 Å². The van der Waals surface area contributed by atoms with Gasteiger partial charge in [-0.2, -0.15) is 0 Å². The fraction of sp³-hybridized carbons (Fsp3) is 0.350. The molecular weight excluding hydrogens is 330 g/mol. The molecule has 3 rings (SSSR count). The molecule has 1 aromatic carbocycles. The highest BCUT2D eigenvalue weighted by Gasteiger charge is 2.26. The summed E-state index contributed by atoms with van der Waals surface area (Å²) in [5.41, 5.74) is 3.15. The van der Waals surface area contributed by atoms with Crippen molar-refractivity contribution in [1.82, 2.24) is 14.8 Å². The number of pyridine rings is 1. The van der Waals surface area contributed by atoms with Crippen LogP contribution in [0.25, 0.3) is 0 Å². The Morgan fingerprint density at radius 3 is 2.08 bits per heavy atom. The number of nitrogens with zero attached hydrogens (tertiary/aromatic N) is 3. The SMILES string of the molecule is COc1cc(C)c(C(=O)N2CCN(C(=O)c3ccncc3)CC2)cc1C. The van der Waals surface area contributed by atoms with Crippen molar-refractivity contribution in [3.05, 3.63) is 58.9 Å². The minimum absolute atomic E-state index is 0.00395. The highest BCUT2D eigenvalue weighted by Crippen LogP contribution is 2.24. The number of benzene rings is 1. The number of piperazine rings is 1. The summed E-state index contributed by atoms with van der Waals surface area (Å²) < 4.78 is 5.31. The molecule has 2 aromatic rings. The third-order valence-electron chi connectivity index (χ3n) is 4.75. The third-order valence-corrected chi connectivity index (χ3v) is 4.75. The van der Waals surface area contributed by atoms with Gasteiger partial charge in [0.2, 0.25) is 0 Å². The molecule has 0 unspecified atom stereocenters. The van der Waals surface area contributed by atoms with E-state index in [4.69, 9.17) is 4.74 Å². The van der Waals surface area contributed by atoms with Crippen LogP contribution in [0.5, 0.6) is 5.75 Å². The summed E-state index contributed by atoms with van der Waals surface area (Å²) in [6.45, 7) is 5.96. The Hall–Kier alpha value is -2.89. The highest BCUT2D eigenvalue weighted by atomic mass is 16.5. The molecule has 1 saturated heterocycles. The van der Waals surface area contributed by atoms with Crippen LogP contribution in [0.2, 0.25) is 0 Å². The maximum absolute atomic E-state index is 12.9. The smallest absolute Gasteiger partial charge is 0.254 e. The summed E-state index contributed by atoms with van der Waals surface area (Å²) in [7, 11) is 1.63. The van der Waals surface area contributed by atoms with Crippen molar-refractivity contribution in [3.8, 4) is 5.75 Å². The molecule has 1 fully saturated rings. The fourth-order valence-corrected chi connectivity index (χ4v) is 3.20. The van der Waals surface area contributed by atoms with Crippen molar-refractivity contribution in [2.75, 3.05) is 33.3 Å². The van der Waals surface area contributed by atoms with Crippen LogP contribution < -0.4 is 4.74 Å². The quantitative estimate of drug-likeness (QED) is 0.849. The summed E-state index contributed by atoms with van der Waals surface area (Å²) in [6, 6.07) is 7.20. The average Bonchev–Trinajstić information content (AvgIpc) is 2.69. The molecule has 1 aromatic heterocycles. The molecule has 6 heteroatoms. The first-order valence-corrected chi connectivity index (χ1v) is 8.65. The topological polar surface area (TPSA) is 62.7 Å². The van der Waals surface area contributed by atoms with E-state index in [-0.39, 0.29) is 11.8 Å². The maximum Gasteiger partial charge on any atom is 0.254 e. The molecule has 2 heterocycles. The zero-order valence-corrected chi connectivity index (χ0v) is 15.4. The molecule has 0 spiro atoms. The molecular formula is C20H23N3O3. The molecule has 2 amide bonds. The van der Waals surface area contributed by atoms with Crippen LogP contribution in [0, 0.1) is 13.8 Å². The van der Waals surface area contributed by atoms with E-state index in [0.717, 1.165) is 16.9 Å². The predicted octanol–water partition coefficient (Wildman–Crippen LogP) is 2.31. The Labute approximate surface area is 153 Å². The lowest BCUT2D eigenvalue weighted by Crippen LogP contribution is -2.50. The second-order valence-electron chi connectivity index (χ2n) is 6.46. The number of rotatable bonds is 3. The summed E-state index contributed by atoms with van der Waals surface area (Å²) in [5, 5.41) is 0. The van der Waals surface area contributed by atoms with Crippen molar-refractivity contribution in [2.24, 2.45) is 0 Å². The van der Waals surface area contributed by atoms with E-state index in [1.54, 1.807) is 36.5 Å². The second kappa shape index (κ2) is 7.56. The van der Waals surface area contributed by atoms with Crippen molar-refractivity contribution in [3.63, 3.8) is 0 Å². The van der Waals surface area contributed by atoms with E-state index >= 15 is 0 Å². The van der Waals surface area contributed by atoms with Gasteiger partial charge in [0.05, 0.1) is 7.11 Å². The van der Waals surface area contributed by atoms with E-state index < -0.39 is 0 Å². The maximum atomic E-state index is 12.9. The number of amides is 2. The lowest BCUT2D eigenvalue weighted by atomic mass is 10.0. The Morgan fingerprint density at radius 2 is 1.50 bits per heavy atom. The van der Waals surface area contributed by atoms with Crippen LogP contribution >= 0.6 is 0 Å². The van der Waals surface area contributed by atoms with Gasteiger partial charge in [-0.1, -0.05) is 0 Å². The van der Waals surface area contributed by atoms with E-state index in [9.17, 15) is 9.59 Å². The van der Waals surface area contributed by atoms with Crippen LogP contribution in [0.4, 0.5) is 0 Å². The summed E-state index contributed by atoms with van der Waals surface area (Å²) in [4.78, 5) is 32.9. The highest BCUT2D eigenvalue weighted by molar-refractivity contribution is 5.97. The van der Waals surface area contributed by atoms with Gasteiger partial charge in [-0.15, -0.1) is 0 Å². The zero-order chi connectivity index (χ0) is 18.7. The van der Waals surface area contributed by atoms with Crippen molar-refractivity contribution in [1.29, 1.82) is 0 Å². The molecule has 26 heavy (non-hydrogen) atoms. The van der Waals surface area contributed by atoms with E-state index in [2.05, 4.69) is 4.98 Å². The van der Waals surface area contributed by atoms with Gasteiger partial charge >= 0.3 is 0 Å². The first-order chi connectivity index (χ1) is 12.5. The Balaban J connectivity index is 1.67. The fourth-order valence-electron chi connectivity index (χ4n) is 3.20. The molecule has 0 radical (unpaired) electrons. The van der Waals surface area contributed by atoms with Crippen LogP contribution in [-0.4, -0.2) is 59.9 Å². The number of aryl methyl sites for hydroxylation is 2. The van der Waals surface area contributed by atoms with Gasteiger partial charge in [0.15, 0.2) is 0 Å². The minimum atomic E-state index is -0.0176. The number of carbonyl (C=O) groups is 2. The first kappa shape index (κ1) is 17.9. The van der Waals surface area contributed by atoms with Gasteiger partial charge in [-0.25, -0.2) is 0 Å². The van der Waals surface area contributed by atoms with Gasteiger partial charge in [0.25, 0.3) is 11.8 Å². The number of aromatic nitrogens is 1. The summed E-state index contributed by atoms with van der Waals surface area (Å²) in [6.07, 6.45) is 3.23. The van der Waals surface area contributed by atoms with E-state index in [1.807, 2.05) is 30.9 Å². The molecule has 0 aliphatic carbocycles. The normalized spacial score (nSPS) is 14.3. The minimum Gasteiger partial charge on any atom is -0.496 e. The standard InChI is InChI=1S/C20H23N3O3/c1-14-13-18(26-3)15(2)12-17(14)20(25)23-10-8-22(9-11-23)19(24)16-4-6-21-7-5-16/h4-7,12-13H,8-11H2,1-3H3. The van der Waals surface area contributed by atoms with Gasteiger partial charge in [0, 0.05) is 49.7 Å². The van der Waals surface area contributed by atoms with Crippen molar-refractivity contribution < 1.29 is 14.3 Å². The largest absolute Gasteiger partial charge is 0.496 e. The van der Waals surface area contributed by atoms with Crippen molar-refractivity contribution in [2.45, 2.75) is 13.8 Å². The zero-order valence-electron chi connectivity index (χ0n) is 15.4. The lowest BCUT2D eigenvalue weighted by Gasteiger charge is -2.35. The molecule has 0 bridgehead atoms. The molecule has 0 atom stereocenters. The molecule has 0 N–H and O–H groups in total. The second-order valence-corrected chi connectivity index (χ2v) is 6.46.